The number of amides is 2. The molecule has 2 N–H and O–H groups in total. The third kappa shape index (κ3) is 6.05. The maximum absolute atomic E-state index is 13.3. The molecule has 0 aliphatic heterocycles. The van der Waals surface area contributed by atoms with E-state index < -0.39 is 22.7 Å². The van der Waals surface area contributed by atoms with E-state index in [1.807, 2.05) is 14.1 Å². The summed E-state index contributed by atoms with van der Waals surface area (Å²) in [5.74, 6) is 0. The first-order valence-corrected chi connectivity index (χ1v) is 10.7. The van der Waals surface area contributed by atoms with Gasteiger partial charge in [-0.1, -0.05) is 18.2 Å². The first kappa shape index (κ1) is 24.1. The number of halogens is 3. The number of non-ortho nitro benzene ring substituents is 1. The Bertz CT molecular complexity index is 1150. The summed E-state index contributed by atoms with van der Waals surface area (Å²) in [6.07, 6.45) is -4.58. The number of anilines is 2. The van der Waals surface area contributed by atoms with Gasteiger partial charge in [-0.2, -0.15) is 13.2 Å². The molecule has 0 saturated carbocycles. The second kappa shape index (κ2) is 9.96. The Labute approximate surface area is 191 Å². The normalized spacial score (nSPS) is 11.5. The fourth-order valence-electron chi connectivity index (χ4n) is 2.91. The molecule has 0 spiro atoms. The van der Waals surface area contributed by atoms with E-state index in [0.29, 0.717) is 24.3 Å². The lowest BCUT2D eigenvalue weighted by Crippen LogP contribution is -3.06. The Hall–Kier alpha value is -3.51. The van der Waals surface area contributed by atoms with Crippen molar-refractivity contribution >= 4 is 33.9 Å². The number of carbonyl (C=O) groups excluding carboxylic acids is 1. The van der Waals surface area contributed by atoms with Crippen LogP contribution in [-0.4, -0.2) is 43.1 Å². The molecule has 0 atom stereocenters. The van der Waals surface area contributed by atoms with E-state index in [1.54, 1.807) is 11.4 Å². The van der Waals surface area contributed by atoms with Crippen molar-refractivity contribution in [2.45, 2.75) is 6.18 Å². The van der Waals surface area contributed by atoms with Crippen LogP contribution < -0.4 is 15.1 Å². The number of aromatic nitrogens is 1. The van der Waals surface area contributed by atoms with Crippen LogP contribution in [-0.2, 0) is 6.18 Å². The standard InChI is InChI=1S/C21H20F3N5O3S/c1-27(2)10-9-25-19(30)28(16-7-4-6-15(12-16)21(22,23)24)20-26-18(13-33-20)14-5-3-8-17(11-14)29(31)32/h3-8,11-13H,9-10H2,1-2H3,(H,25,30)/p+1. The topological polar surface area (TPSA) is 92.8 Å². The number of alkyl halides is 3. The van der Waals surface area contributed by atoms with Crippen LogP contribution in [0.3, 0.4) is 0 Å². The molecule has 1 heterocycles. The van der Waals surface area contributed by atoms with E-state index in [2.05, 4.69) is 10.3 Å². The predicted octanol–water partition coefficient (Wildman–Crippen LogP) is 3.73. The molecule has 2 amide bonds. The van der Waals surface area contributed by atoms with Gasteiger partial charge < -0.3 is 10.2 Å². The Morgan fingerprint density at radius 3 is 2.61 bits per heavy atom. The number of urea groups is 1. The molecule has 0 radical (unpaired) electrons. The zero-order valence-corrected chi connectivity index (χ0v) is 18.5. The first-order chi connectivity index (χ1) is 15.6. The van der Waals surface area contributed by atoms with Gasteiger partial charge in [0.2, 0.25) is 0 Å². The molecule has 0 saturated heterocycles. The van der Waals surface area contributed by atoms with Crippen LogP contribution in [0.25, 0.3) is 11.3 Å². The summed E-state index contributed by atoms with van der Waals surface area (Å²) in [5.41, 5.74) is -0.209. The summed E-state index contributed by atoms with van der Waals surface area (Å²) in [6, 6.07) is 9.59. The summed E-state index contributed by atoms with van der Waals surface area (Å²) in [5, 5.41) is 15.5. The molecule has 0 unspecified atom stereocenters. The van der Waals surface area contributed by atoms with Gasteiger partial charge in [-0.3, -0.25) is 10.1 Å². The van der Waals surface area contributed by atoms with Crippen molar-refractivity contribution in [1.82, 2.24) is 10.3 Å². The Morgan fingerprint density at radius 1 is 1.21 bits per heavy atom. The molecule has 2 aromatic carbocycles. The van der Waals surface area contributed by atoms with Crippen molar-refractivity contribution < 1.29 is 27.8 Å². The monoisotopic (exact) mass is 480 g/mol. The minimum atomic E-state index is -4.58. The Morgan fingerprint density at radius 2 is 1.94 bits per heavy atom. The van der Waals surface area contributed by atoms with Crippen LogP contribution in [0.5, 0.6) is 0 Å². The Kier molecular flexibility index (Phi) is 7.29. The largest absolute Gasteiger partial charge is 0.416 e. The van der Waals surface area contributed by atoms with Gasteiger partial charge in [0.25, 0.3) is 5.69 Å². The zero-order valence-electron chi connectivity index (χ0n) is 17.7. The molecule has 0 aliphatic carbocycles. The molecule has 3 rings (SSSR count). The SMILES string of the molecule is C[NH+](C)CCNC(=O)N(c1cccc(C(F)(F)F)c1)c1nc(-c2cccc([N+](=O)[O-])c2)cs1. The summed E-state index contributed by atoms with van der Waals surface area (Å²) in [7, 11) is 3.81. The molecule has 174 valence electrons. The van der Waals surface area contributed by atoms with Crippen molar-refractivity contribution in [2.24, 2.45) is 0 Å². The highest BCUT2D eigenvalue weighted by atomic mass is 32.1. The van der Waals surface area contributed by atoms with Crippen molar-refractivity contribution in [3.05, 3.63) is 69.6 Å². The third-order valence-electron chi connectivity index (χ3n) is 4.57. The number of nitrogens with one attached hydrogen (secondary N) is 2. The average molecular weight is 480 g/mol. The lowest BCUT2D eigenvalue weighted by atomic mass is 10.1. The van der Waals surface area contributed by atoms with Gasteiger partial charge in [0, 0.05) is 23.1 Å². The molecule has 0 bridgehead atoms. The number of rotatable bonds is 7. The van der Waals surface area contributed by atoms with Gasteiger partial charge in [-0.25, -0.2) is 14.7 Å². The van der Waals surface area contributed by atoms with Gasteiger partial charge in [0.05, 0.1) is 49.1 Å². The van der Waals surface area contributed by atoms with Crippen LogP contribution in [0.2, 0.25) is 0 Å². The number of nitro benzene ring substituents is 1. The number of benzene rings is 2. The number of thiazole rings is 1. The van der Waals surface area contributed by atoms with E-state index in [9.17, 15) is 28.1 Å². The van der Waals surface area contributed by atoms with Crippen molar-refractivity contribution in [3.63, 3.8) is 0 Å². The molecule has 33 heavy (non-hydrogen) atoms. The van der Waals surface area contributed by atoms with Gasteiger partial charge in [0.1, 0.15) is 0 Å². The number of hydrogen-bond acceptors (Lipinski definition) is 5. The van der Waals surface area contributed by atoms with E-state index in [0.717, 1.165) is 33.3 Å². The molecule has 3 aromatic rings. The van der Waals surface area contributed by atoms with Gasteiger partial charge >= 0.3 is 12.2 Å². The maximum atomic E-state index is 13.3. The molecular formula is C21H21F3N5O3S+. The molecule has 0 fully saturated rings. The van der Waals surface area contributed by atoms with E-state index >= 15 is 0 Å². The molecule has 0 aliphatic rings. The highest BCUT2D eigenvalue weighted by Gasteiger charge is 2.32. The van der Waals surface area contributed by atoms with E-state index in [1.165, 1.54) is 30.3 Å². The minimum Gasteiger partial charge on any atom is -0.338 e. The average Bonchev–Trinajstić information content (AvgIpc) is 3.23. The fourth-order valence-corrected chi connectivity index (χ4v) is 3.76. The smallest absolute Gasteiger partial charge is 0.338 e. The lowest BCUT2D eigenvalue weighted by Gasteiger charge is -2.22. The lowest BCUT2D eigenvalue weighted by molar-refractivity contribution is -0.856. The van der Waals surface area contributed by atoms with Gasteiger partial charge in [-0.05, 0) is 18.2 Å². The Balaban J connectivity index is 1.99. The molecule has 1 aromatic heterocycles. The molecular weight excluding hydrogens is 459 g/mol. The number of hydrogen-bond donors (Lipinski definition) is 2. The summed E-state index contributed by atoms with van der Waals surface area (Å²) < 4.78 is 39.8. The second-order valence-electron chi connectivity index (χ2n) is 7.40. The van der Waals surface area contributed by atoms with Crippen LogP contribution >= 0.6 is 11.3 Å². The van der Waals surface area contributed by atoms with Gasteiger partial charge in [0.15, 0.2) is 5.13 Å². The number of nitrogens with zero attached hydrogens (tertiary/aromatic N) is 3. The molecule has 12 heteroatoms. The highest BCUT2D eigenvalue weighted by molar-refractivity contribution is 7.14. The van der Waals surface area contributed by atoms with E-state index in [-0.39, 0.29) is 16.5 Å². The number of likely N-dealkylation sites (N-methyl/N-ethyl adjacent to an activating group) is 1. The van der Waals surface area contributed by atoms with Gasteiger partial charge in [-0.15, -0.1) is 11.3 Å². The maximum Gasteiger partial charge on any atom is 0.416 e. The summed E-state index contributed by atoms with van der Waals surface area (Å²) in [6.45, 7) is 0.915. The van der Waals surface area contributed by atoms with Crippen LogP contribution in [0.1, 0.15) is 5.56 Å². The molecule has 8 nitrogen and oxygen atoms in total. The number of carbonyl (C=O) groups is 1. The first-order valence-electron chi connectivity index (χ1n) is 9.81. The van der Waals surface area contributed by atoms with Crippen molar-refractivity contribution in [3.8, 4) is 11.3 Å². The van der Waals surface area contributed by atoms with Crippen LogP contribution in [0.4, 0.5) is 34.5 Å². The zero-order chi connectivity index (χ0) is 24.2. The summed E-state index contributed by atoms with van der Waals surface area (Å²) in [4.78, 5) is 30.1. The highest BCUT2D eigenvalue weighted by Crippen LogP contribution is 2.36. The van der Waals surface area contributed by atoms with Crippen molar-refractivity contribution in [1.29, 1.82) is 0 Å². The number of nitro groups is 1. The van der Waals surface area contributed by atoms with Crippen molar-refractivity contribution in [2.75, 3.05) is 32.1 Å². The van der Waals surface area contributed by atoms with E-state index in [4.69, 9.17) is 0 Å². The quantitative estimate of drug-likeness (QED) is 0.398. The third-order valence-corrected chi connectivity index (χ3v) is 5.40. The van der Waals surface area contributed by atoms with Crippen LogP contribution in [0.15, 0.2) is 53.9 Å². The predicted molar refractivity (Wildman–Crippen MR) is 119 cm³/mol. The second-order valence-corrected chi connectivity index (χ2v) is 8.23. The summed E-state index contributed by atoms with van der Waals surface area (Å²) >= 11 is 1.04. The van der Waals surface area contributed by atoms with Crippen LogP contribution in [0, 0.1) is 10.1 Å². The minimum absolute atomic E-state index is 0.000493. The fraction of sp³-hybridized carbons (Fsp3) is 0.238. The number of quaternary nitrogens is 1.